The number of rotatable bonds is 2. The van der Waals surface area contributed by atoms with Crippen LogP contribution in [-0.4, -0.2) is 10.9 Å². The number of hydrogen-bond acceptors (Lipinski definition) is 5. The quantitative estimate of drug-likeness (QED) is 0.620. The molecule has 1 aromatic carbocycles. The van der Waals surface area contributed by atoms with Crippen molar-refractivity contribution >= 4 is 32.6 Å². The van der Waals surface area contributed by atoms with E-state index in [0.717, 1.165) is 16.4 Å². The minimum absolute atomic E-state index is 0.135. The highest BCUT2D eigenvalue weighted by molar-refractivity contribution is 7.22. The average Bonchev–Trinajstić information content (AvgIpc) is 2.72. The van der Waals surface area contributed by atoms with Crippen molar-refractivity contribution in [1.82, 2.24) is 4.98 Å². The fraction of sp³-hybridized carbons (Fsp3) is 0. The summed E-state index contributed by atoms with van der Waals surface area (Å²) in [7, 11) is 0. The maximum Gasteiger partial charge on any atom is 0.269 e. The molecule has 1 heterocycles. The van der Waals surface area contributed by atoms with Crippen LogP contribution in [0, 0.1) is 11.3 Å². The fourth-order valence-electron chi connectivity index (χ4n) is 1.25. The van der Waals surface area contributed by atoms with Crippen LogP contribution in [0.5, 0.6) is 0 Å². The van der Waals surface area contributed by atoms with Gasteiger partial charge in [-0.3, -0.25) is 10.1 Å². The molecular formula is C11H8N4OS. The number of para-hydroxylation sites is 1. The lowest BCUT2D eigenvalue weighted by Gasteiger charge is -1.97. The molecule has 0 aliphatic carbocycles. The van der Waals surface area contributed by atoms with E-state index in [4.69, 9.17) is 11.0 Å². The zero-order valence-electron chi connectivity index (χ0n) is 8.68. The van der Waals surface area contributed by atoms with Gasteiger partial charge in [0.15, 0.2) is 5.13 Å². The number of amides is 1. The number of nitrogens with zero attached hydrogens (tertiary/aromatic N) is 2. The molecule has 0 spiro atoms. The van der Waals surface area contributed by atoms with E-state index >= 15 is 0 Å². The highest BCUT2D eigenvalue weighted by Gasteiger charge is 2.11. The highest BCUT2D eigenvalue weighted by atomic mass is 32.1. The summed E-state index contributed by atoms with van der Waals surface area (Å²) in [6.45, 7) is 0. The van der Waals surface area contributed by atoms with Crippen LogP contribution in [0.15, 0.2) is 36.0 Å². The van der Waals surface area contributed by atoms with E-state index in [-0.39, 0.29) is 5.57 Å². The summed E-state index contributed by atoms with van der Waals surface area (Å²) < 4.78 is 0.970. The Balaban J connectivity index is 2.25. The SMILES string of the molecule is N#C/C(=C/N)C(=O)Nc1nc2ccccc2s1. The minimum Gasteiger partial charge on any atom is -0.403 e. The van der Waals surface area contributed by atoms with Crippen LogP contribution in [0.3, 0.4) is 0 Å². The van der Waals surface area contributed by atoms with Gasteiger partial charge in [0.05, 0.1) is 10.2 Å². The molecule has 0 unspecified atom stereocenters. The Morgan fingerprint density at radius 3 is 2.94 bits per heavy atom. The number of fused-ring (bicyclic) bond motifs is 1. The molecule has 5 nitrogen and oxygen atoms in total. The molecule has 0 atom stereocenters. The van der Waals surface area contributed by atoms with Crippen molar-refractivity contribution in [2.24, 2.45) is 5.73 Å². The number of nitrogens with two attached hydrogens (primary N) is 1. The van der Waals surface area contributed by atoms with Crippen molar-refractivity contribution in [3.8, 4) is 6.07 Å². The first-order chi connectivity index (χ1) is 8.24. The fourth-order valence-corrected chi connectivity index (χ4v) is 2.11. The van der Waals surface area contributed by atoms with Gasteiger partial charge in [0.2, 0.25) is 0 Å². The predicted octanol–water partition coefficient (Wildman–Crippen LogP) is 1.60. The summed E-state index contributed by atoms with van der Waals surface area (Å²) in [4.78, 5) is 15.7. The smallest absolute Gasteiger partial charge is 0.269 e. The van der Waals surface area contributed by atoms with Crippen LogP contribution >= 0.6 is 11.3 Å². The van der Waals surface area contributed by atoms with Crippen LogP contribution in [0.25, 0.3) is 10.2 Å². The van der Waals surface area contributed by atoms with Gasteiger partial charge in [-0.1, -0.05) is 23.5 Å². The lowest BCUT2D eigenvalue weighted by atomic mass is 10.3. The molecule has 1 amide bonds. The van der Waals surface area contributed by atoms with Crippen molar-refractivity contribution in [3.63, 3.8) is 0 Å². The van der Waals surface area contributed by atoms with Crippen molar-refractivity contribution in [2.45, 2.75) is 0 Å². The molecule has 2 aromatic rings. The van der Waals surface area contributed by atoms with Gasteiger partial charge in [-0.2, -0.15) is 5.26 Å². The number of carbonyl (C=O) groups excluding carboxylic acids is 1. The maximum atomic E-state index is 11.5. The van der Waals surface area contributed by atoms with E-state index in [1.165, 1.54) is 11.3 Å². The maximum absolute atomic E-state index is 11.5. The van der Waals surface area contributed by atoms with Gasteiger partial charge in [-0.05, 0) is 12.1 Å². The summed E-state index contributed by atoms with van der Waals surface area (Å²) in [5.74, 6) is -0.547. The lowest BCUT2D eigenvalue weighted by molar-refractivity contribution is -0.112. The van der Waals surface area contributed by atoms with E-state index in [1.807, 2.05) is 24.3 Å². The van der Waals surface area contributed by atoms with Gasteiger partial charge < -0.3 is 5.73 Å². The number of hydrogen-bond donors (Lipinski definition) is 2. The Kier molecular flexibility index (Phi) is 3.03. The molecule has 0 fully saturated rings. The zero-order valence-corrected chi connectivity index (χ0v) is 9.49. The van der Waals surface area contributed by atoms with Gasteiger partial charge in [-0.15, -0.1) is 0 Å². The Morgan fingerprint density at radius 1 is 1.53 bits per heavy atom. The molecule has 6 heteroatoms. The normalized spacial score (nSPS) is 11.1. The monoisotopic (exact) mass is 244 g/mol. The zero-order chi connectivity index (χ0) is 12.3. The largest absolute Gasteiger partial charge is 0.403 e. The van der Waals surface area contributed by atoms with Gasteiger partial charge in [0.1, 0.15) is 11.6 Å². The van der Waals surface area contributed by atoms with Crippen LogP contribution in [0.2, 0.25) is 0 Å². The first-order valence-corrected chi connectivity index (χ1v) is 5.55. The average molecular weight is 244 g/mol. The van der Waals surface area contributed by atoms with E-state index in [2.05, 4.69) is 10.3 Å². The summed E-state index contributed by atoms with van der Waals surface area (Å²) in [5, 5.41) is 11.6. The summed E-state index contributed by atoms with van der Waals surface area (Å²) in [6, 6.07) is 9.23. The van der Waals surface area contributed by atoms with E-state index in [0.29, 0.717) is 5.13 Å². The van der Waals surface area contributed by atoms with Crippen LogP contribution in [0.1, 0.15) is 0 Å². The number of benzene rings is 1. The summed E-state index contributed by atoms with van der Waals surface area (Å²) in [6.07, 6.45) is 0.975. The molecule has 1 aromatic heterocycles. The van der Waals surface area contributed by atoms with Gasteiger partial charge in [-0.25, -0.2) is 4.98 Å². The standard InChI is InChI=1S/C11H8N4OS/c12-5-7(6-13)10(16)15-11-14-8-3-1-2-4-9(8)17-11/h1-5H,12H2,(H,14,15,16)/b7-5-. The third-order valence-corrected chi connectivity index (χ3v) is 3.00. The lowest BCUT2D eigenvalue weighted by Crippen LogP contribution is -2.14. The Hall–Kier alpha value is -2.39. The third kappa shape index (κ3) is 2.24. The van der Waals surface area contributed by atoms with E-state index in [9.17, 15) is 4.79 Å². The number of nitriles is 1. The van der Waals surface area contributed by atoms with Crippen LogP contribution in [-0.2, 0) is 4.79 Å². The summed E-state index contributed by atoms with van der Waals surface area (Å²) >= 11 is 1.34. The van der Waals surface area contributed by atoms with Crippen molar-refractivity contribution in [1.29, 1.82) is 5.26 Å². The first-order valence-electron chi connectivity index (χ1n) is 4.73. The molecule has 3 N–H and O–H groups in total. The van der Waals surface area contributed by atoms with Crippen LogP contribution in [0.4, 0.5) is 5.13 Å². The molecule has 0 saturated heterocycles. The molecule has 84 valence electrons. The van der Waals surface area contributed by atoms with Crippen molar-refractivity contribution in [3.05, 3.63) is 36.0 Å². The third-order valence-electron chi connectivity index (χ3n) is 2.05. The Labute approximate surface area is 101 Å². The van der Waals surface area contributed by atoms with E-state index in [1.54, 1.807) is 6.07 Å². The molecule has 0 aliphatic rings. The molecule has 0 saturated carbocycles. The molecule has 0 aliphatic heterocycles. The molecule has 0 radical (unpaired) electrons. The Morgan fingerprint density at radius 2 is 2.29 bits per heavy atom. The Bertz CT molecular complexity index is 605. The molecular weight excluding hydrogens is 236 g/mol. The number of aromatic nitrogens is 1. The molecule has 17 heavy (non-hydrogen) atoms. The number of nitrogens with one attached hydrogen (secondary N) is 1. The number of thiazole rings is 1. The highest BCUT2D eigenvalue weighted by Crippen LogP contribution is 2.25. The number of carbonyl (C=O) groups is 1. The molecule has 2 rings (SSSR count). The molecule has 0 bridgehead atoms. The van der Waals surface area contributed by atoms with E-state index < -0.39 is 5.91 Å². The first kappa shape index (κ1) is 11.1. The second-order valence-electron chi connectivity index (χ2n) is 3.13. The van der Waals surface area contributed by atoms with Gasteiger partial charge >= 0.3 is 0 Å². The van der Waals surface area contributed by atoms with Gasteiger partial charge in [0, 0.05) is 6.20 Å². The second-order valence-corrected chi connectivity index (χ2v) is 4.16. The number of anilines is 1. The topological polar surface area (TPSA) is 91.8 Å². The van der Waals surface area contributed by atoms with Crippen molar-refractivity contribution in [2.75, 3.05) is 5.32 Å². The summed E-state index contributed by atoms with van der Waals surface area (Å²) in [5.41, 5.74) is 5.82. The second kappa shape index (κ2) is 4.63. The van der Waals surface area contributed by atoms with Crippen LogP contribution < -0.4 is 11.1 Å². The predicted molar refractivity (Wildman–Crippen MR) is 66.1 cm³/mol. The minimum atomic E-state index is -0.547. The van der Waals surface area contributed by atoms with Gasteiger partial charge in [0.25, 0.3) is 5.91 Å². The van der Waals surface area contributed by atoms with Crippen molar-refractivity contribution < 1.29 is 4.79 Å².